The molecule has 20 heavy (non-hydrogen) atoms. The van der Waals surface area contributed by atoms with Crippen LogP contribution in [0.3, 0.4) is 0 Å². The van der Waals surface area contributed by atoms with Gasteiger partial charge in [0.25, 0.3) is 0 Å². The zero-order valence-corrected chi connectivity index (χ0v) is 12.4. The van der Waals surface area contributed by atoms with E-state index in [1.54, 1.807) is 36.6 Å². The minimum absolute atomic E-state index is 0.184. The lowest BCUT2D eigenvalue weighted by molar-refractivity contribution is 0.511. The average molecular weight is 292 g/mol. The van der Waals surface area contributed by atoms with Gasteiger partial charge in [-0.3, -0.25) is 0 Å². The summed E-state index contributed by atoms with van der Waals surface area (Å²) < 4.78 is 24.3. The number of nitrogens with two attached hydrogens (primary N) is 1. The monoisotopic (exact) mass is 292 g/mol. The van der Waals surface area contributed by atoms with Gasteiger partial charge in [-0.25, -0.2) is 13.4 Å². The molecule has 0 saturated heterocycles. The Morgan fingerprint density at radius 2 is 2.10 bits per heavy atom. The number of nitrogen functional groups attached to an aromatic ring is 1. The van der Waals surface area contributed by atoms with Gasteiger partial charge in [-0.1, -0.05) is 0 Å². The number of anilines is 1. The number of fused-ring (bicyclic) bond motifs is 1. The second-order valence-corrected chi connectivity index (χ2v) is 8.05. The van der Waals surface area contributed by atoms with Crippen LogP contribution >= 0.6 is 0 Å². The third-order valence-electron chi connectivity index (χ3n) is 3.45. The summed E-state index contributed by atoms with van der Waals surface area (Å²) in [7, 11) is -3.25. The van der Waals surface area contributed by atoms with Crippen molar-refractivity contribution in [2.24, 2.45) is 0 Å². The Hall–Kier alpha value is -2.07. The summed E-state index contributed by atoms with van der Waals surface area (Å²) in [6.45, 7) is 3.46. The van der Waals surface area contributed by atoms with Gasteiger partial charge in [0.05, 0.1) is 27.4 Å². The Morgan fingerprint density at radius 3 is 2.65 bits per heavy atom. The van der Waals surface area contributed by atoms with E-state index in [2.05, 4.69) is 4.98 Å². The maximum absolute atomic E-state index is 11.8. The van der Waals surface area contributed by atoms with Gasteiger partial charge in [-0.15, -0.1) is 0 Å². The average Bonchev–Trinajstić information content (AvgIpc) is 2.63. The van der Waals surface area contributed by atoms with E-state index in [0.717, 1.165) is 0 Å². The molecule has 0 aliphatic carbocycles. The number of sulfone groups is 1. The summed E-state index contributed by atoms with van der Waals surface area (Å²) in [6.07, 6.45) is 1.20. The van der Waals surface area contributed by atoms with E-state index < -0.39 is 14.6 Å². The second-order valence-electron chi connectivity index (χ2n) is 5.40. The highest BCUT2D eigenvalue weighted by atomic mass is 32.2. The predicted octanol–water partition coefficient (Wildman–Crippen LogP) is 1.31. The lowest BCUT2D eigenvalue weighted by atomic mass is 10.2. The summed E-state index contributed by atoms with van der Waals surface area (Å²) in [5, 5.41) is 8.95. The van der Waals surface area contributed by atoms with Crippen molar-refractivity contribution in [2.75, 3.05) is 12.0 Å². The molecule has 2 rings (SSSR count). The lowest BCUT2D eigenvalue weighted by Crippen LogP contribution is -2.36. The molecule has 1 aromatic heterocycles. The fourth-order valence-electron chi connectivity index (χ4n) is 1.88. The van der Waals surface area contributed by atoms with E-state index in [9.17, 15) is 8.42 Å². The summed E-state index contributed by atoms with van der Waals surface area (Å²) in [4.78, 5) is 4.19. The number of benzene rings is 1. The summed E-state index contributed by atoms with van der Waals surface area (Å²) in [5.74, 6) is 0.242. The highest BCUT2D eigenvalue weighted by molar-refractivity contribution is 7.92. The van der Waals surface area contributed by atoms with E-state index in [4.69, 9.17) is 11.0 Å². The van der Waals surface area contributed by atoms with Crippen molar-refractivity contribution in [3.05, 3.63) is 23.8 Å². The quantitative estimate of drug-likeness (QED) is 0.919. The standard InChI is InChI=1S/C13H16N4O2S/c1-13(2,20(3,18)19)8-17-11-6-9(7-14)4-5-10(11)16-12(17)15/h4-6H,8H2,1-3H3,(H2,15,16). The van der Waals surface area contributed by atoms with Crippen LogP contribution in [-0.2, 0) is 16.4 Å². The Bertz CT molecular complexity index is 813. The van der Waals surface area contributed by atoms with Gasteiger partial charge in [0.2, 0.25) is 5.95 Å². The van der Waals surface area contributed by atoms with E-state index in [1.807, 2.05) is 6.07 Å². The van der Waals surface area contributed by atoms with Gasteiger partial charge in [0.15, 0.2) is 9.84 Å². The van der Waals surface area contributed by atoms with Crippen LogP contribution in [0.2, 0.25) is 0 Å². The molecule has 0 aliphatic rings. The van der Waals surface area contributed by atoms with Crippen molar-refractivity contribution in [1.29, 1.82) is 5.26 Å². The minimum Gasteiger partial charge on any atom is -0.369 e. The van der Waals surface area contributed by atoms with Crippen LogP contribution in [-0.4, -0.2) is 29.0 Å². The molecule has 2 N–H and O–H groups in total. The maximum Gasteiger partial charge on any atom is 0.201 e. The van der Waals surface area contributed by atoms with Crippen LogP contribution in [0.15, 0.2) is 18.2 Å². The first kappa shape index (κ1) is 14.3. The van der Waals surface area contributed by atoms with Crippen molar-refractivity contribution in [2.45, 2.75) is 25.1 Å². The molecule has 0 spiro atoms. The van der Waals surface area contributed by atoms with E-state index in [-0.39, 0.29) is 12.5 Å². The second kappa shape index (κ2) is 4.49. The highest BCUT2D eigenvalue weighted by Crippen LogP contribution is 2.25. The smallest absolute Gasteiger partial charge is 0.201 e. The zero-order valence-electron chi connectivity index (χ0n) is 11.6. The fraction of sp³-hybridized carbons (Fsp3) is 0.385. The maximum atomic E-state index is 11.8. The van der Waals surface area contributed by atoms with Crippen molar-refractivity contribution in [3.8, 4) is 6.07 Å². The largest absolute Gasteiger partial charge is 0.369 e. The van der Waals surface area contributed by atoms with Crippen LogP contribution in [0.5, 0.6) is 0 Å². The fourth-order valence-corrected chi connectivity index (χ4v) is 2.24. The minimum atomic E-state index is -3.25. The van der Waals surface area contributed by atoms with Crippen molar-refractivity contribution in [1.82, 2.24) is 9.55 Å². The molecule has 7 heteroatoms. The third-order valence-corrected chi connectivity index (χ3v) is 5.59. The first-order valence-corrected chi connectivity index (χ1v) is 7.90. The first-order valence-electron chi connectivity index (χ1n) is 6.01. The SMILES string of the molecule is CC(C)(Cn1c(N)nc2ccc(C#N)cc21)S(C)(=O)=O. The normalized spacial score (nSPS) is 12.5. The van der Waals surface area contributed by atoms with E-state index in [1.165, 1.54) is 6.26 Å². The zero-order chi connectivity index (χ0) is 15.1. The Labute approximate surface area is 117 Å². The molecule has 2 aromatic rings. The molecule has 1 aromatic carbocycles. The molecule has 0 amide bonds. The number of hydrogen-bond donors (Lipinski definition) is 1. The van der Waals surface area contributed by atoms with Crippen LogP contribution in [0, 0.1) is 11.3 Å². The van der Waals surface area contributed by atoms with Crippen molar-refractivity contribution >= 4 is 26.8 Å². The Kier molecular flexibility index (Phi) is 3.22. The molecule has 0 bridgehead atoms. The topological polar surface area (TPSA) is 102 Å². The molecule has 0 fully saturated rings. The van der Waals surface area contributed by atoms with Crippen LogP contribution in [0.1, 0.15) is 19.4 Å². The van der Waals surface area contributed by atoms with Gasteiger partial charge in [0, 0.05) is 12.8 Å². The van der Waals surface area contributed by atoms with Crippen molar-refractivity contribution < 1.29 is 8.42 Å². The number of imidazole rings is 1. The van der Waals surface area contributed by atoms with E-state index >= 15 is 0 Å². The summed E-state index contributed by atoms with van der Waals surface area (Å²) in [6, 6.07) is 7.07. The molecule has 0 unspecified atom stereocenters. The van der Waals surface area contributed by atoms with Gasteiger partial charge < -0.3 is 10.3 Å². The number of hydrogen-bond acceptors (Lipinski definition) is 5. The Morgan fingerprint density at radius 1 is 1.45 bits per heavy atom. The molecular weight excluding hydrogens is 276 g/mol. The van der Waals surface area contributed by atoms with Crippen LogP contribution in [0.25, 0.3) is 11.0 Å². The van der Waals surface area contributed by atoms with Crippen LogP contribution in [0.4, 0.5) is 5.95 Å². The molecule has 0 atom stereocenters. The number of nitrogens with zero attached hydrogens (tertiary/aromatic N) is 3. The Balaban J connectivity index is 2.60. The van der Waals surface area contributed by atoms with Gasteiger partial charge in [0.1, 0.15) is 0 Å². The highest BCUT2D eigenvalue weighted by Gasteiger charge is 2.31. The molecular formula is C13H16N4O2S. The van der Waals surface area contributed by atoms with Gasteiger partial charge in [-0.05, 0) is 32.0 Å². The van der Waals surface area contributed by atoms with Gasteiger partial charge >= 0.3 is 0 Å². The predicted molar refractivity (Wildman–Crippen MR) is 77.8 cm³/mol. The molecule has 106 valence electrons. The number of nitriles is 1. The van der Waals surface area contributed by atoms with E-state index in [0.29, 0.717) is 16.6 Å². The molecule has 0 aliphatic heterocycles. The summed E-state index contributed by atoms with van der Waals surface area (Å²) in [5.41, 5.74) is 7.66. The van der Waals surface area contributed by atoms with Crippen molar-refractivity contribution in [3.63, 3.8) is 0 Å². The van der Waals surface area contributed by atoms with Crippen LogP contribution < -0.4 is 5.73 Å². The first-order chi connectivity index (χ1) is 9.15. The molecule has 6 nitrogen and oxygen atoms in total. The molecule has 0 radical (unpaired) electrons. The van der Waals surface area contributed by atoms with Gasteiger partial charge in [-0.2, -0.15) is 5.26 Å². The molecule has 0 saturated carbocycles. The number of aromatic nitrogens is 2. The molecule has 1 heterocycles. The third kappa shape index (κ3) is 2.34. The summed E-state index contributed by atoms with van der Waals surface area (Å²) >= 11 is 0. The number of rotatable bonds is 3. The lowest BCUT2D eigenvalue weighted by Gasteiger charge is -2.23.